The molecule has 1 aromatic rings. The molecule has 0 saturated carbocycles. The predicted molar refractivity (Wildman–Crippen MR) is 65.8 cm³/mol. The average Bonchev–Trinajstić information content (AvgIpc) is 2.27. The van der Waals surface area contributed by atoms with Crippen molar-refractivity contribution in [2.24, 2.45) is 11.7 Å². The highest BCUT2D eigenvalue weighted by atomic mass is 35.5. The molecule has 3 N–H and O–H groups in total. The van der Waals surface area contributed by atoms with Gasteiger partial charge in [0.1, 0.15) is 11.9 Å². The van der Waals surface area contributed by atoms with E-state index in [1.807, 2.05) is 26.0 Å². The summed E-state index contributed by atoms with van der Waals surface area (Å²) in [5, 5.41) is 9.77. The molecule has 1 aromatic carbocycles. The second-order valence-corrected chi connectivity index (χ2v) is 4.50. The smallest absolute Gasteiger partial charge is 0.138 e. The third-order valence-corrected chi connectivity index (χ3v) is 2.81. The zero-order chi connectivity index (χ0) is 12.1. The standard InChI is InChI=1S/C12H18ClNO2/c1-8(2)12(14)11(7-15)16-10-6-4-3-5-9(10)13/h3-6,8,11-12,15H,7,14H2,1-2H3. The first-order valence-electron chi connectivity index (χ1n) is 5.34. The second kappa shape index (κ2) is 6.09. The van der Waals surface area contributed by atoms with E-state index in [2.05, 4.69) is 0 Å². The normalized spacial score (nSPS) is 14.9. The van der Waals surface area contributed by atoms with Crippen molar-refractivity contribution >= 4 is 11.6 Å². The molecule has 0 aromatic heterocycles. The van der Waals surface area contributed by atoms with Crippen LogP contribution in [0.1, 0.15) is 13.8 Å². The van der Waals surface area contributed by atoms with E-state index in [9.17, 15) is 5.11 Å². The third kappa shape index (κ3) is 3.37. The Morgan fingerprint density at radius 2 is 2.00 bits per heavy atom. The molecule has 1 rings (SSSR count). The van der Waals surface area contributed by atoms with Gasteiger partial charge in [0.2, 0.25) is 0 Å². The Hall–Kier alpha value is -0.770. The Labute approximate surface area is 101 Å². The fourth-order valence-electron chi connectivity index (χ4n) is 1.37. The highest BCUT2D eigenvalue weighted by Gasteiger charge is 2.22. The highest BCUT2D eigenvalue weighted by Crippen LogP contribution is 2.25. The number of nitrogens with two attached hydrogens (primary N) is 1. The lowest BCUT2D eigenvalue weighted by Crippen LogP contribution is -2.45. The fraction of sp³-hybridized carbons (Fsp3) is 0.500. The number of benzene rings is 1. The number of hydrogen-bond acceptors (Lipinski definition) is 3. The molecule has 16 heavy (non-hydrogen) atoms. The fourth-order valence-corrected chi connectivity index (χ4v) is 1.55. The third-order valence-electron chi connectivity index (χ3n) is 2.49. The van der Waals surface area contributed by atoms with Crippen molar-refractivity contribution in [3.63, 3.8) is 0 Å². The van der Waals surface area contributed by atoms with Crippen molar-refractivity contribution in [3.05, 3.63) is 29.3 Å². The number of aliphatic hydroxyl groups excluding tert-OH is 1. The molecule has 0 fully saturated rings. The summed E-state index contributed by atoms with van der Waals surface area (Å²) < 4.78 is 5.61. The Kier molecular flexibility index (Phi) is 5.06. The zero-order valence-electron chi connectivity index (χ0n) is 9.56. The van der Waals surface area contributed by atoms with Crippen molar-refractivity contribution in [2.45, 2.75) is 26.0 Å². The summed E-state index contributed by atoms with van der Waals surface area (Å²) in [6, 6.07) is 6.94. The minimum absolute atomic E-state index is 0.120. The zero-order valence-corrected chi connectivity index (χ0v) is 10.3. The Balaban J connectivity index is 2.74. The van der Waals surface area contributed by atoms with E-state index in [1.54, 1.807) is 12.1 Å². The van der Waals surface area contributed by atoms with Gasteiger partial charge in [-0.25, -0.2) is 0 Å². The summed E-state index contributed by atoms with van der Waals surface area (Å²) in [6.07, 6.45) is -0.431. The van der Waals surface area contributed by atoms with E-state index in [4.69, 9.17) is 22.1 Å². The summed E-state index contributed by atoms with van der Waals surface area (Å²) >= 11 is 5.96. The van der Waals surface area contributed by atoms with Crippen LogP contribution in [-0.2, 0) is 0 Å². The largest absolute Gasteiger partial charge is 0.485 e. The summed E-state index contributed by atoms with van der Waals surface area (Å²) in [6.45, 7) is 3.86. The lowest BCUT2D eigenvalue weighted by molar-refractivity contribution is 0.0812. The van der Waals surface area contributed by atoms with Gasteiger partial charge in [-0.1, -0.05) is 37.6 Å². The van der Waals surface area contributed by atoms with Gasteiger partial charge < -0.3 is 15.6 Å². The Morgan fingerprint density at radius 3 is 2.50 bits per heavy atom. The monoisotopic (exact) mass is 243 g/mol. The van der Waals surface area contributed by atoms with Crippen LogP contribution in [-0.4, -0.2) is 23.9 Å². The lowest BCUT2D eigenvalue weighted by Gasteiger charge is -2.26. The predicted octanol–water partition coefficient (Wildman–Crippen LogP) is 2.06. The van der Waals surface area contributed by atoms with Gasteiger partial charge in [0.15, 0.2) is 0 Å². The van der Waals surface area contributed by atoms with Gasteiger partial charge >= 0.3 is 0 Å². The topological polar surface area (TPSA) is 55.5 Å². The molecule has 0 bridgehead atoms. The first kappa shape index (κ1) is 13.3. The molecule has 0 radical (unpaired) electrons. The van der Waals surface area contributed by atoms with Gasteiger partial charge in [0.05, 0.1) is 11.6 Å². The van der Waals surface area contributed by atoms with Crippen LogP contribution in [0, 0.1) is 5.92 Å². The molecule has 2 atom stereocenters. The molecule has 2 unspecified atom stereocenters. The lowest BCUT2D eigenvalue weighted by atomic mass is 10.00. The molecule has 0 spiro atoms. The van der Waals surface area contributed by atoms with Gasteiger partial charge in [-0.15, -0.1) is 0 Å². The molecule has 0 aliphatic heterocycles. The molecule has 0 aliphatic rings. The van der Waals surface area contributed by atoms with Gasteiger partial charge in [-0.05, 0) is 18.1 Å². The van der Waals surface area contributed by atoms with Crippen molar-refractivity contribution in [2.75, 3.05) is 6.61 Å². The van der Waals surface area contributed by atoms with E-state index in [0.29, 0.717) is 10.8 Å². The molecule has 0 aliphatic carbocycles. The van der Waals surface area contributed by atoms with Crippen molar-refractivity contribution in [1.29, 1.82) is 0 Å². The van der Waals surface area contributed by atoms with Crippen LogP contribution in [0.5, 0.6) is 5.75 Å². The van der Waals surface area contributed by atoms with Gasteiger partial charge in [0.25, 0.3) is 0 Å². The maximum absolute atomic E-state index is 9.25. The number of rotatable bonds is 5. The van der Waals surface area contributed by atoms with E-state index >= 15 is 0 Å². The molecular weight excluding hydrogens is 226 g/mol. The number of para-hydroxylation sites is 1. The van der Waals surface area contributed by atoms with Gasteiger partial charge in [0, 0.05) is 6.04 Å². The molecule has 0 saturated heterocycles. The molecule has 3 nitrogen and oxygen atoms in total. The van der Waals surface area contributed by atoms with Crippen LogP contribution in [0.3, 0.4) is 0 Å². The minimum atomic E-state index is -0.431. The number of ether oxygens (including phenoxy) is 1. The molecule has 90 valence electrons. The van der Waals surface area contributed by atoms with Crippen molar-refractivity contribution in [3.8, 4) is 5.75 Å². The Morgan fingerprint density at radius 1 is 1.38 bits per heavy atom. The minimum Gasteiger partial charge on any atom is -0.485 e. The number of aliphatic hydroxyl groups is 1. The van der Waals surface area contributed by atoms with Crippen LogP contribution in [0.15, 0.2) is 24.3 Å². The number of halogens is 1. The highest BCUT2D eigenvalue weighted by molar-refractivity contribution is 6.32. The van der Waals surface area contributed by atoms with E-state index in [0.717, 1.165) is 0 Å². The van der Waals surface area contributed by atoms with E-state index in [1.165, 1.54) is 0 Å². The van der Waals surface area contributed by atoms with Crippen LogP contribution in [0.25, 0.3) is 0 Å². The molecule has 0 amide bonds. The Bertz CT molecular complexity index is 331. The van der Waals surface area contributed by atoms with Crippen molar-refractivity contribution in [1.82, 2.24) is 0 Å². The first-order valence-corrected chi connectivity index (χ1v) is 5.71. The number of hydrogen-bond donors (Lipinski definition) is 2. The summed E-state index contributed by atoms with van der Waals surface area (Å²) in [5.74, 6) is 0.791. The van der Waals surface area contributed by atoms with E-state index < -0.39 is 6.10 Å². The molecule has 0 heterocycles. The first-order chi connectivity index (χ1) is 7.56. The molecule has 4 heteroatoms. The van der Waals surface area contributed by atoms with Crippen molar-refractivity contribution < 1.29 is 9.84 Å². The quantitative estimate of drug-likeness (QED) is 0.833. The molecular formula is C12H18ClNO2. The summed E-state index contributed by atoms with van der Waals surface area (Å²) in [7, 11) is 0. The average molecular weight is 244 g/mol. The van der Waals surface area contributed by atoms with Crippen LogP contribution < -0.4 is 10.5 Å². The van der Waals surface area contributed by atoms with Gasteiger partial charge in [-0.3, -0.25) is 0 Å². The van der Waals surface area contributed by atoms with Crippen LogP contribution in [0.2, 0.25) is 5.02 Å². The maximum atomic E-state index is 9.25. The van der Waals surface area contributed by atoms with Crippen LogP contribution in [0.4, 0.5) is 0 Å². The summed E-state index contributed by atoms with van der Waals surface area (Å²) in [5.41, 5.74) is 5.94. The van der Waals surface area contributed by atoms with Crippen LogP contribution >= 0.6 is 11.6 Å². The van der Waals surface area contributed by atoms with Gasteiger partial charge in [-0.2, -0.15) is 0 Å². The second-order valence-electron chi connectivity index (χ2n) is 4.09. The SMILES string of the molecule is CC(C)C(N)C(CO)Oc1ccccc1Cl. The maximum Gasteiger partial charge on any atom is 0.138 e. The van der Waals surface area contributed by atoms with E-state index in [-0.39, 0.29) is 18.6 Å². The summed E-state index contributed by atoms with van der Waals surface area (Å²) in [4.78, 5) is 0.